The average molecular weight is 358 g/mol. The van der Waals surface area contributed by atoms with Crippen molar-refractivity contribution in [3.8, 4) is 22.3 Å². The fourth-order valence-corrected chi connectivity index (χ4v) is 3.48. The highest BCUT2D eigenvalue weighted by Crippen LogP contribution is 2.32. The summed E-state index contributed by atoms with van der Waals surface area (Å²) in [7, 11) is 0. The Balaban J connectivity index is 1.73. The van der Waals surface area contributed by atoms with E-state index in [0.717, 1.165) is 29.4 Å². The van der Waals surface area contributed by atoms with E-state index in [1.54, 1.807) is 18.2 Å². The van der Waals surface area contributed by atoms with Crippen LogP contribution in [0.15, 0.2) is 78.9 Å². The zero-order valence-corrected chi connectivity index (χ0v) is 15.2. The fourth-order valence-electron chi connectivity index (χ4n) is 3.48. The van der Waals surface area contributed by atoms with Gasteiger partial charge in [-0.3, -0.25) is 0 Å². The van der Waals surface area contributed by atoms with Crippen molar-refractivity contribution in [2.75, 3.05) is 0 Å². The highest BCUT2D eigenvalue weighted by Gasteiger charge is 2.10. The summed E-state index contributed by atoms with van der Waals surface area (Å²) < 4.78 is 28.2. The minimum Gasteiger partial charge on any atom is -0.207 e. The third-order valence-electron chi connectivity index (χ3n) is 4.94. The smallest absolute Gasteiger partial charge is 0.138 e. The van der Waals surface area contributed by atoms with Crippen molar-refractivity contribution in [3.63, 3.8) is 0 Å². The Morgan fingerprint density at radius 1 is 0.667 bits per heavy atom. The van der Waals surface area contributed by atoms with Crippen LogP contribution >= 0.6 is 0 Å². The van der Waals surface area contributed by atoms with Crippen molar-refractivity contribution in [1.82, 2.24) is 0 Å². The molecule has 27 heavy (non-hydrogen) atoms. The maximum absolute atomic E-state index is 15.0. The molecule has 4 aromatic rings. The SMILES string of the molecule is CCCc1ccc(-c2ccc3c(F)c(-c4ccc(F)cc4)ccc3c2)cc1. The Kier molecular flexibility index (Phi) is 4.72. The monoisotopic (exact) mass is 358 g/mol. The summed E-state index contributed by atoms with van der Waals surface area (Å²) in [6, 6.07) is 23.9. The Labute approximate surface area is 158 Å². The maximum atomic E-state index is 15.0. The van der Waals surface area contributed by atoms with Crippen molar-refractivity contribution in [2.45, 2.75) is 19.8 Å². The first-order valence-electron chi connectivity index (χ1n) is 9.23. The van der Waals surface area contributed by atoms with E-state index < -0.39 is 0 Å². The second-order valence-corrected chi connectivity index (χ2v) is 6.82. The molecule has 0 heterocycles. The number of halogens is 2. The van der Waals surface area contributed by atoms with E-state index in [1.165, 1.54) is 17.7 Å². The van der Waals surface area contributed by atoms with Crippen LogP contribution in [0.4, 0.5) is 8.78 Å². The molecule has 0 nitrogen and oxygen atoms in total. The quantitative estimate of drug-likeness (QED) is 0.356. The summed E-state index contributed by atoms with van der Waals surface area (Å²) in [5, 5.41) is 1.43. The molecular formula is C25H20F2. The molecule has 4 rings (SSSR count). The molecule has 0 spiro atoms. The molecule has 0 aliphatic carbocycles. The van der Waals surface area contributed by atoms with Crippen molar-refractivity contribution >= 4 is 10.8 Å². The maximum Gasteiger partial charge on any atom is 0.138 e. The second-order valence-electron chi connectivity index (χ2n) is 6.82. The predicted molar refractivity (Wildman–Crippen MR) is 109 cm³/mol. The molecule has 0 saturated carbocycles. The first-order valence-corrected chi connectivity index (χ1v) is 9.23. The van der Waals surface area contributed by atoms with Crippen molar-refractivity contribution in [2.24, 2.45) is 0 Å². The van der Waals surface area contributed by atoms with Crippen LogP contribution in [-0.4, -0.2) is 0 Å². The lowest BCUT2D eigenvalue weighted by Gasteiger charge is -2.09. The lowest BCUT2D eigenvalue weighted by atomic mass is 9.96. The molecule has 0 radical (unpaired) electrons. The minimum atomic E-state index is -0.324. The van der Waals surface area contributed by atoms with Crippen molar-refractivity contribution < 1.29 is 8.78 Å². The van der Waals surface area contributed by atoms with Crippen LogP contribution < -0.4 is 0 Å². The first-order chi connectivity index (χ1) is 13.2. The van der Waals surface area contributed by atoms with Crippen LogP contribution in [0.2, 0.25) is 0 Å². The summed E-state index contributed by atoms with van der Waals surface area (Å²) in [4.78, 5) is 0. The van der Waals surface area contributed by atoms with Crippen LogP contribution in [0, 0.1) is 11.6 Å². The Hall–Kier alpha value is -3.00. The highest BCUT2D eigenvalue weighted by molar-refractivity contribution is 5.91. The molecule has 0 saturated heterocycles. The van der Waals surface area contributed by atoms with E-state index in [1.807, 2.05) is 24.3 Å². The van der Waals surface area contributed by atoms with Gasteiger partial charge in [-0.2, -0.15) is 0 Å². The van der Waals surface area contributed by atoms with E-state index in [0.29, 0.717) is 16.5 Å². The molecule has 0 aromatic heterocycles. The van der Waals surface area contributed by atoms with Gasteiger partial charge < -0.3 is 0 Å². The van der Waals surface area contributed by atoms with Crippen LogP contribution in [0.5, 0.6) is 0 Å². The third-order valence-corrected chi connectivity index (χ3v) is 4.94. The van der Waals surface area contributed by atoms with Crippen molar-refractivity contribution in [3.05, 3.63) is 96.1 Å². The molecule has 0 aliphatic rings. The van der Waals surface area contributed by atoms with E-state index >= 15 is 4.39 Å². The third kappa shape index (κ3) is 3.48. The topological polar surface area (TPSA) is 0 Å². The van der Waals surface area contributed by atoms with Gasteiger partial charge in [0.1, 0.15) is 11.6 Å². The van der Waals surface area contributed by atoms with Crippen LogP contribution in [0.25, 0.3) is 33.0 Å². The van der Waals surface area contributed by atoms with Gasteiger partial charge in [0, 0.05) is 10.9 Å². The molecule has 0 unspecified atom stereocenters. The summed E-state index contributed by atoms with van der Waals surface area (Å²) in [6.07, 6.45) is 2.21. The molecule has 4 aromatic carbocycles. The van der Waals surface area contributed by atoms with Gasteiger partial charge in [-0.25, -0.2) is 8.78 Å². The van der Waals surface area contributed by atoms with E-state index in [4.69, 9.17) is 0 Å². The molecular weight excluding hydrogens is 338 g/mol. The summed E-state index contributed by atoms with van der Waals surface area (Å²) >= 11 is 0. The number of benzene rings is 4. The summed E-state index contributed by atoms with van der Waals surface area (Å²) in [5.41, 5.74) is 4.68. The van der Waals surface area contributed by atoms with Gasteiger partial charge in [0.25, 0.3) is 0 Å². The van der Waals surface area contributed by atoms with Gasteiger partial charge in [0.15, 0.2) is 0 Å². The van der Waals surface area contributed by atoms with Crippen molar-refractivity contribution in [1.29, 1.82) is 0 Å². The van der Waals surface area contributed by atoms with Gasteiger partial charge in [-0.05, 0) is 52.3 Å². The van der Waals surface area contributed by atoms with Gasteiger partial charge in [-0.1, -0.05) is 74.0 Å². The second kappa shape index (κ2) is 7.32. The minimum absolute atomic E-state index is 0.274. The molecule has 0 atom stereocenters. The zero-order chi connectivity index (χ0) is 18.8. The Bertz CT molecular complexity index is 1080. The fraction of sp³-hybridized carbons (Fsp3) is 0.120. The lowest BCUT2D eigenvalue weighted by Crippen LogP contribution is -1.89. The molecule has 134 valence electrons. The lowest BCUT2D eigenvalue weighted by molar-refractivity contribution is 0.627. The number of hydrogen-bond acceptors (Lipinski definition) is 0. The standard InChI is InChI=1S/C25H20F2/c1-2-3-17-4-6-18(7-5-17)20-10-14-24-21(16-20)11-15-23(25(24)27)19-8-12-22(26)13-9-19/h4-16H,2-3H2,1H3. The van der Waals surface area contributed by atoms with Crippen LogP contribution in [0.3, 0.4) is 0 Å². The van der Waals surface area contributed by atoms with Crippen LogP contribution in [0.1, 0.15) is 18.9 Å². The Morgan fingerprint density at radius 3 is 2.04 bits per heavy atom. The summed E-state index contributed by atoms with van der Waals surface area (Å²) in [6.45, 7) is 2.17. The van der Waals surface area contributed by atoms with Gasteiger partial charge >= 0.3 is 0 Å². The number of fused-ring (bicyclic) bond motifs is 1. The number of aryl methyl sites for hydroxylation is 1. The molecule has 0 amide bonds. The number of hydrogen-bond donors (Lipinski definition) is 0. The molecule has 0 bridgehead atoms. The predicted octanol–water partition coefficient (Wildman–Crippen LogP) is 7.40. The normalized spacial score (nSPS) is 11.1. The van der Waals surface area contributed by atoms with Gasteiger partial charge in [0.05, 0.1) is 0 Å². The van der Waals surface area contributed by atoms with E-state index in [9.17, 15) is 4.39 Å². The summed E-state index contributed by atoms with van der Waals surface area (Å²) in [5.74, 6) is -0.599. The molecule has 2 heteroatoms. The largest absolute Gasteiger partial charge is 0.207 e. The van der Waals surface area contributed by atoms with Gasteiger partial charge in [0.2, 0.25) is 0 Å². The zero-order valence-electron chi connectivity index (χ0n) is 15.2. The van der Waals surface area contributed by atoms with Gasteiger partial charge in [-0.15, -0.1) is 0 Å². The highest BCUT2D eigenvalue weighted by atomic mass is 19.1. The molecule has 0 fully saturated rings. The Morgan fingerprint density at radius 2 is 1.33 bits per heavy atom. The van der Waals surface area contributed by atoms with Crippen LogP contribution in [-0.2, 0) is 6.42 Å². The molecule has 0 N–H and O–H groups in total. The van der Waals surface area contributed by atoms with E-state index in [-0.39, 0.29) is 11.6 Å². The first kappa shape index (κ1) is 17.4. The average Bonchev–Trinajstić information content (AvgIpc) is 2.70. The number of rotatable bonds is 4. The van der Waals surface area contributed by atoms with E-state index in [2.05, 4.69) is 31.2 Å². The molecule has 0 aliphatic heterocycles.